The summed E-state index contributed by atoms with van der Waals surface area (Å²) in [5.41, 5.74) is -0.153. The maximum Gasteiger partial charge on any atom is 0.352 e. The summed E-state index contributed by atoms with van der Waals surface area (Å²) in [5.74, 6) is -0.539. The van der Waals surface area contributed by atoms with Gasteiger partial charge in [-0.3, -0.25) is 19.0 Å². The molecule has 10 nitrogen and oxygen atoms in total. The molecule has 1 fully saturated rings. The molecule has 0 N–H and O–H groups in total. The number of likely N-dealkylation sites (tertiary alicyclic amines) is 1. The van der Waals surface area contributed by atoms with Crippen molar-refractivity contribution in [1.29, 1.82) is 0 Å². The molecule has 0 spiro atoms. The molecule has 3 aromatic rings. The quantitative estimate of drug-likeness (QED) is 0.513. The number of rotatable bonds is 6. The monoisotopic (exact) mass is 461 g/mol. The SMILES string of the molecule is CCOC(=O)[C@H]1CCCN(C(=O)Cn2nc3n(CC(C)C)c(=O)c4sccc4n3c2=O)C1. The van der Waals surface area contributed by atoms with E-state index in [0.717, 1.165) is 4.68 Å². The Morgan fingerprint density at radius 1 is 1.31 bits per heavy atom. The second kappa shape index (κ2) is 8.89. The lowest BCUT2D eigenvalue weighted by Crippen LogP contribution is -2.45. The molecular formula is C21H27N5O5S. The number of esters is 1. The van der Waals surface area contributed by atoms with Crippen molar-refractivity contribution >= 4 is 39.2 Å². The van der Waals surface area contributed by atoms with Crippen molar-refractivity contribution in [3.63, 3.8) is 0 Å². The highest BCUT2D eigenvalue weighted by molar-refractivity contribution is 7.17. The fourth-order valence-corrected chi connectivity index (χ4v) is 4.98. The smallest absolute Gasteiger partial charge is 0.352 e. The van der Waals surface area contributed by atoms with Crippen molar-refractivity contribution < 1.29 is 14.3 Å². The van der Waals surface area contributed by atoms with E-state index in [4.69, 9.17) is 4.74 Å². The minimum absolute atomic E-state index is 0.170. The third kappa shape index (κ3) is 3.96. The minimum Gasteiger partial charge on any atom is -0.466 e. The van der Waals surface area contributed by atoms with Gasteiger partial charge in [-0.1, -0.05) is 13.8 Å². The summed E-state index contributed by atoms with van der Waals surface area (Å²) >= 11 is 1.28. The van der Waals surface area contributed by atoms with Crippen molar-refractivity contribution in [2.24, 2.45) is 11.8 Å². The maximum absolute atomic E-state index is 13.2. The Balaban J connectivity index is 1.67. The van der Waals surface area contributed by atoms with Crippen LogP contribution in [0.5, 0.6) is 0 Å². The summed E-state index contributed by atoms with van der Waals surface area (Å²) in [4.78, 5) is 52.8. The molecule has 1 aliphatic rings. The second-order valence-electron chi connectivity index (χ2n) is 8.45. The number of carbonyl (C=O) groups is 2. The van der Waals surface area contributed by atoms with Gasteiger partial charge in [0.25, 0.3) is 5.56 Å². The summed E-state index contributed by atoms with van der Waals surface area (Å²) in [6.45, 7) is 6.96. The fourth-order valence-electron chi connectivity index (χ4n) is 4.15. The highest BCUT2D eigenvalue weighted by Gasteiger charge is 2.30. The molecule has 0 unspecified atom stereocenters. The van der Waals surface area contributed by atoms with Crippen LogP contribution < -0.4 is 11.2 Å². The van der Waals surface area contributed by atoms with E-state index in [-0.39, 0.29) is 48.1 Å². The lowest BCUT2D eigenvalue weighted by atomic mass is 9.98. The molecule has 0 radical (unpaired) electrons. The number of carbonyl (C=O) groups excluding carboxylic acids is 2. The van der Waals surface area contributed by atoms with Gasteiger partial charge in [0.05, 0.1) is 18.0 Å². The second-order valence-corrected chi connectivity index (χ2v) is 9.37. The third-order valence-corrected chi connectivity index (χ3v) is 6.51. The van der Waals surface area contributed by atoms with Gasteiger partial charge in [0.2, 0.25) is 11.7 Å². The zero-order valence-electron chi connectivity index (χ0n) is 18.4. The molecule has 1 saturated heterocycles. The van der Waals surface area contributed by atoms with Crippen LogP contribution in [-0.2, 0) is 27.4 Å². The normalized spacial score (nSPS) is 16.9. The van der Waals surface area contributed by atoms with E-state index in [1.54, 1.807) is 23.3 Å². The van der Waals surface area contributed by atoms with Crippen LogP contribution in [0.1, 0.15) is 33.6 Å². The molecule has 32 heavy (non-hydrogen) atoms. The van der Waals surface area contributed by atoms with Gasteiger partial charge in [-0.15, -0.1) is 16.4 Å². The first-order valence-corrected chi connectivity index (χ1v) is 11.7. The van der Waals surface area contributed by atoms with Crippen LogP contribution in [0.25, 0.3) is 16.0 Å². The van der Waals surface area contributed by atoms with E-state index >= 15 is 0 Å². The largest absolute Gasteiger partial charge is 0.466 e. The van der Waals surface area contributed by atoms with E-state index in [1.165, 1.54) is 20.3 Å². The fraction of sp³-hybridized carbons (Fsp3) is 0.571. The average Bonchev–Trinajstić information content (AvgIpc) is 3.36. The number of hydrogen-bond donors (Lipinski definition) is 0. The molecule has 3 aromatic heterocycles. The van der Waals surface area contributed by atoms with E-state index < -0.39 is 5.69 Å². The molecule has 0 bridgehead atoms. The maximum atomic E-state index is 13.2. The molecule has 0 saturated carbocycles. The van der Waals surface area contributed by atoms with Gasteiger partial charge in [0, 0.05) is 19.6 Å². The zero-order chi connectivity index (χ0) is 23.0. The first kappa shape index (κ1) is 22.3. The van der Waals surface area contributed by atoms with E-state index in [9.17, 15) is 19.2 Å². The topological polar surface area (TPSA) is 108 Å². The number of ether oxygens (including phenoxy) is 1. The Morgan fingerprint density at radius 2 is 2.09 bits per heavy atom. The standard InChI is InChI=1S/C21H27N5O5S/c1-4-31-19(29)14-6-5-8-23(11-14)16(27)12-25-21(30)26-15-7-9-32-17(15)18(28)24(10-13(2)3)20(26)22-25/h7,9,13-14H,4-6,8,10-12H2,1-3H3/t14-/m0/s1. The van der Waals surface area contributed by atoms with Crippen LogP contribution >= 0.6 is 11.3 Å². The van der Waals surface area contributed by atoms with E-state index in [2.05, 4.69) is 5.10 Å². The van der Waals surface area contributed by atoms with Crippen LogP contribution in [0, 0.1) is 11.8 Å². The number of thiophene rings is 1. The van der Waals surface area contributed by atoms with Crippen molar-refractivity contribution in [2.75, 3.05) is 19.7 Å². The van der Waals surface area contributed by atoms with Gasteiger partial charge in [-0.25, -0.2) is 13.9 Å². The van der Waals surface area contributed by atoms with Crippen molar-refractivity contribution in [2.45, 2.75) is 46.7 Å². The van der Waals surface area contributed by atoms with Gasteiger partial charge in [0.1, 0.15) is 11.2 Å². The third-order valence-electron chi connectivity index (χ3n) is 5.62. The first-order valence-electron chi connectivity index (χ1n) is 10.9. The molecule has 4 heterocycles. The predicted octanol–water partition coefficient (Wildman–Crippen LogP) is 1.33. The van der Waals surface area contributed by atoms with Crippen LogP contribution in [0.3, 0.4) is 0 Å². The zero-order valence-corrected chi connectivity index (χ0v) is 19.3. The minimum atomic E-state index is -0.465. The molecule has 1 amide bonds. The number of nitrogens with zero attached hydrogens (tertiary/aromatic N) is 5. The molecule has 172 valence electrons. The summed E-state index contributed by atoms with van der Waals surface area (Å²) in [5, 5.41) is 6.14. The highest BCUT2D eigenvalue weighted by atomic mass is 32.1. The summed E-state index contributed by atoms with van der Waals surface area (Å²) in [6, 6.07) is 1.72. The lowest BCUT2D eigenvalue weighted by molar-refractivity contribution is -0.151. The number of fused-ring (bicyclic) bond motifs is 3. The summed E-state index contributed by atoms with van der Waals surface area (Å²) < 4.78 is 9.60. The Kier molecular flexibility index (Phi) is 6.18. The molecule has 1 atom stereocenters. The van der Waals surface area contributed by atoms with Gasteiger partial charge in [-0.05, 0) is 37.1 Å². The van der Waals surface area contributed by atoms with E-state index in [0.29, 0.717) is 42.8 Å². The Labute approximate surface area is 188 Å². The van der Waals surface area contributed by atoms with Gasteiger partial charge < -0.3 is 9.64 Å². The average molecular weight is 462 g/mol. The molecule has 4 rings (SSSR count). The Bertz CT molecular complexity index is 1280. The number of hydrogen-bond acceptors (Lipinski definition) is 7. The van der Waals surface area contributed by atoms with Gasteiger partial charge in [0.15, 0.2) is 0 Å². The van der Waals surface area contributed by atoms with Crippen LogP contribution in [-0.4, -0.2) is 55.2 Å². The van der Waals surface area contributed by atoms with Crippen molar-refractivity contribution in [3.05, 3.63) is 32.3 Å². The number of amides is 1. The summed E-state index contributed by atoms with van der Waals surface area (Å²) in [7, 11) is 0. The van der Waals surface area contributed by atoms with Crippen molar-refractivity contribution in [1.82, 2.24) is 23.6 Å². The van der Waals surface area contributed by atoms with Gasteiger partial charge >= 0.3 is 11.7 Å². The van der Waals surface area contributed by atoms with Crippen LogP contribution in [0.2, 0.25) is 0 Å². The number of aromatic nitrogens is 4. The lowest BCUT2D eigenvalue weighted by Gasteiger charge is -2.31. The van der Waals surface area contributed by atoms with Crippen LogP contribution in [0.15, 0.2) is 21.0 Å². The molecule has 0 aliphatic carbocycles. The van der Waals surface area contributed by atoms with Crippen molar-refractivity contribution in [3.8, 4) is 0 Å². The molecule has 1 aliphatic heterocycles. The number of piperidine rings is 1. The molecule has 0 aromatic carbocycles. The highest BCUT2D eigenvalue weighted by Crippen LogP contribution is 2.19. The first-order chi connectivity index (χ1) is 15.3. The molecule has 11 heteroatoms. The predicted molar refractivity (Wildman–Crippen MR) is 120 cm³/mol. The molecular weight excluding hydrogens is 434 g/mol. The Morgan fingerprint density at radius 3 is 2.81 bits per heavy atom. The van der Waals surface area contributed by atoms with E-state index in [1.807, 2.05) is 13.8 Å². The van der Waals surface area contributed by atoms with Gasteiger partial charge in [-0.2, -0.15) is 0 Å². The van der Waals surface area contributed by atoms with Crippen LogP contribution in [0.4, 0.5) is 0 Å². The summed E-state index contributed by atoms with van der Waals surface area (Å²) in [6.07, 6.45) is 1.37. The Hall–Kier alpha value is -2.95.